The summed E-state index contributed by atoms with van der Waals surface area (Å²) in [6.07, 6.45) is 0. The van der Waals surface area contributed by atoms with Gasteiger partial charge in [0.1, 0.15) is 18.0 Å². The summed E-state index contributed by atoms with van der Waals surface area (Å²) in [4.78, 5) is 14.4. The molecule has 3 aromatic rings. The molecule has 0 aliphatic rings. The van der Waals surface area contributed by atoms with Gasteiger partial charge in [0.05, 0.1) is 17.3 Å². The molecule has 7 nitrogen and oxygen atoms in total. The molecule has 0 aromatic heterocycles. The zero-order valence-corrected chi connectivity index (χ0v) is 14.9. The number of nitrogens with one attached hydrogen (secondary N) is 2. The topological polar surface area (TPSA) is 112 Å². The maximum atomic E-state index is 15.1. The van der Waals surface area contributed by atoms with Crippen molar-refractivity contribution in [3.63, 3.8) is 0 Å². The number of ether oxygens (including phenoxy) is 1. The summed E-state index contributed by atoms with van der Waals surface area (Å²) in [6, 6.07) is 15.2. The predicted octanol–water partition coefficient (Wildman–Crippen LogP) is 3.83. The Morgan fingerprint density at radius 2 is 1.83 bits per heavy atom. The first-order valence-electron chi connectivity index (χ1n) is 8.35. The van der Waals surface area contributed by atoms with Crippen LogP contribution in [0.3, 0.4) is 0 Å². The van der Waals surface area contributed by atoms with Gasteiger partial charge in [-0.15, -0.1) is 0 Å². The minimum atomic E-state index is -1.71. The van der Waals surface area contributed by atoms with E-state index >= 15 is 4.39 Å². The number of benzene rings is 3. The van der Waals surface area contributed by atoms with Crippen LogP contribution in [-0.2, 0) is 6.61 Å². The van der Waals surface area contributed by atoms with Gasteiger partial charge < -0.3 is 20.0 Å². The molecule has 0 spiro atoms. The molecule has 9 heteroatoms. The van der Waals surface area contributed by atoms with Gasteiger partial charge in [-0.1, -0.05) is 42.5 Å². The van der Waals surface area contributed by atoms with E-state index in [1.165, 1.54) is 18.2 Å². The molecule has 146 valence electrons. The van der Waals surface area contributed by atoms with Crippen LogP contribution in [0.2, 0.25) is 0 Å². The summed E-state index contributed by atoms with van der Waals surface area (Å²) in [5.74, 6) is -3.85. The lowest BCUT2D eigenvalue weighted by atomic mass is 10.1. The Kier molecular flexibility index (Phi) is 5.91. The molecule has 3 aromatic carbocycles. The molecule has 0 aliphatic carbocycles. The Balaban J connectivity index is 2.07. The summed E-state index contributed by atoms with van der Waals surface area (Å²) in [7, 11) is 0. The molecule has 0 bridgehead atoms. The van der Waals surface area contributed by atoms with Crippen LogP contribution in [0.25, 0.3) is 0 Å². The third-order valence-electron chi connectivity index (χ3n) is 3.95. The zero-order chi connectivity index (χ0) is 20.8. The van der Waals surface area contributed by atoms with Crippen LogP contribution in [0.1, 0.15) is 15.9 Å². The lowest BCUT2D eigenvalue weighted by Crippen LogP contribution is -2.24. The average molecular weight is 396 g/mol. The zero-order valence-electron chi connectivity index (χ0n) is 14.9. The standard InChI is InChI=1S/C20H14F2N4O3/c21-14-8-4-5-9-15(14)24-18-13(20(27)28)10-16(19(17(18)22)25-26-23)29-11-12-6-2-1-3-7-12/h1-10,23-24H,11H2. The molecule has 0 fully saturated rings. The van der Waals surface area contributed by atoms with Crippen LogP contribution in [-0.4, -0.2) is 5.97 Å². The fourth-order valence-corrected chi connectivity index (χ4v) is 2.59. The van der Waals surface area contributed by atoms with Gasteiger partial charge in [0.25, 0.3) is 0 Å². The van der Waals surface area contributed by atoms with Crippen molar-refractivity contribution in [2.24, 2.45) is 5.11 Å². The number of carbonyl (C=O) groups is 1. The van der Waals surface area contributed by atoms with Crippen LogP contribution in [0, 0.1) is 17.2 Å². The van der Waals surface area contributed by atoms with E-state index in [9.17, 15) is 14.3 Å². The smallest absolute Gasteiger partial charge is 0.231 e. The van der Waals surface area contributed by atoms with Crippen molar-refractivity contribution in [2.75, 3.05) is 5.32 Å². The number of hydrogen-bond donors (Lipinski definition) is 2. The summed E-state index contributed by atoms with van der Waals surface area (Å²) in [6.45, 7) is -0.00657. The van der Waals surface area contributed by atoms with Crippen LogP contribution in [0.5, 0.6) is 5.75 Å². The third kappa shape index (κ3) is 4.42. The molecule has 0 saturated carbocycles. The number of nitrogens with zero attached hydrogens (tertiary/aromatic N) is 2. The molecule has 0 aliphatic heterocycles. The SMILES string of the molecule is N=[N+]=Nc1c(OCc2ccccc2)cc(C(=O)[O-])c(Nc2ccccc2F)c1F. The van der Waals surface area contributed by atoms with Crippen molar-refractivity contribution in [1.29, 1.82) is 5.53 Å². The maximum Gasteiger partial charge on any atom is 0.231 e. The first-order chi connectivity index (χ1) is 14.0. The molecule has 0 amide bonds. The molecule has 0 atom stereocenters. The van der Waals surface area contributed by atoms with E-state index in [-0.39, 0.29) is 18.0 Å². The molecule has 2 N–H and O–H groups in total. The number of para-hydroxylation sites is 1. The van der Waals surface area contributed by atoms with Crippen molar-refractivity contribution in [3.8, 4) is 5.75 Å². The van der Waals surface area contributed by atoms with Gasteiger partial charge in [-0.2, -0.15) is 0 Å². The van der Waals surface area contributed by atoms with E-state index in [1.807, 2.05) is 0 Å². The molecule has 29 heavy (non-hydrogen) atoms. The quantitative estimate of drug-likeness (QED) is 0.467. The predicted molar refractivity (Wildman–Crippen MR) is 98.1 cm³/mol. The third-order valence-corrected chi connectivity index (χ3v) is 3.95. The fraction of sp³-hybridized carbons (Fsp3) is 0.0500. The first-order valence-corrected chi connectivity index (χ1v) is 8.35. The number of carbonyl (C=O) groups excluding carboxylic acids is 1. The van der Waals surface area contributed by atoms with Gasteiger partial charge >= 0.3 is 0 Å². The van der Waals surface area contributed by atoms with Crippen molar-refractivity contribution < 1.29 is 23.4 Å². The number of hydrogen-bond acceptors (Lipinski definition) is 6. The Morgan fingerprint density at radius 3 is 2.48 bits per heavy atom. The second-order valence-corrected chi connectivity index (χ2v) is 5.83. The molecule has 0 radical (unpaired) electrons. The molecular formula is C20H14F2N4O3. The second kappa shape index (κ2) is 8.73. The van der Waals surface area contributed by atoms with Gasteiger partial charge in [0.2, 0.25) is 10.6 Å². The largest absolute Gasteiger partial charge is 0.545 e. The lowest BCUT2D eigenvalue weighted by molar-refractivity contribution is -0.254. The van der Waals surface area contributed by atoms with E-state index in [0.29, 0.717) is 0 Å². The lowest BCUT2D eigenvalue weighted by Gasteiger charge is -2.17. The first kappa shape index (κ1) is 19.7. The van der Waals surface area contributed by atoms with Gasteiger partial charge in [-0.3, -0.25) is 0 Å². The molecule has 0 unspecified atom stereocenters. The Labute approximate surface area is 163 Å². The highest BCUT2D eigenvalue weighted by atomic mass is 19.1. The molecule has 3 rings (SSSR count). The van der Waals surface area contributed by atoms with E-state index < -0.39 is 34.5 Å². The van der Waals surface area contributed by atoms with Crippen LogP contribution < -0.4 is 20.1 Å². The van der Waals surface area contributed by atoms with Crippen molar-refractivity contribution >= 4 is 23.0 Å². The fourth-order valence-electron chi connectivity index (χ4n) is 2.59. The number of rotatable bonds is 7. The summed E-state index contributed by atoms with van der Waals surface area (Å²) in [5, 5.41) is 17.4. The number of aromatic carboxylic acids is 1. The van der Waals surface area contributed by atoms with Gasteiger partial charge in [0, 0.05) is 5.56 Å². The Bertz CT molecular complexity index is 1100. The Hall–Kier alpha value is -4.10. The highest BCUT2D eigenvalue weighted by molar-refractivity contribution is 5.96. The highest BCUT2D eigenvalue weighted by Crippen LogP contribution is 2.39. The molecule has 0 saturated heterocycles. The van der Waals surface area contributed by atoms with E-state index in [1.54, 1.807) is 30.3 Å². The number of anilines is 2. The minimum absolute atomic E-state index is 0.00657. The van der Waals surface area contributed by atoms with Gasteiger partial charge in [-0.05, 0) is 23.8 Å². The Morgan fingerprint density at radius 1 is 1.14 bits per heavy atom. The highest BCUT2D eigenvalue weighted by Gasteiger charge is 2.24. The summed E-state index contributed by atoms with van der Waals surface area (Å²) < 4.78 is 34.5. The van der Waals surface area contributed by atoms with Crippen molar-refractivity contribution in [1.82, 2.24) is 4.91 Å². The van der Waals surface area contributed by atoms with Gasteiger partial charge in [0.15, 0.2) is 16.7 Å². The van der Waals surface area contributed by atoms with Crippen LogP contribution in [0.15, 0.2) is 65.8 Å². The van der Waals surface area contributed by atoms with E-state index in [0.717, 1.165) is 17.7 Å². The summed E-state index contributed by atoms with van der Waals surface area (Å²) >= 11 is 0. The molecular weight excluding hydrogens is 382 g/mol. The second-order valence-electron chi connectivity index (χ2n) is 5.83. The number of carboxylic acids is 1. The monoisotopic (exact) mass is 396 g/mol. The van der Waals surface area contributed by atoms with E-state index in [4.69, 9.17) is 10.3 Å². The minimum Gasteiger partial charge on any atom is -0.545 e. The molecule has 0 heterocycles. The van der Waals surface area contributed by atoms with Gasteiger partial charge in [-0.25, -0.2) is 8.78 Å². The normalized spacial score (nSPS) is 10.1. The van der Waals surface area contributed by atoms with Crippen molar-refractivity contribution in [3.05, 3.63) is 83.4 Å². The van der Waals surface area contributed by atoms with Crippen LogP contribution in [0.4, 0.5) is 25.8 Å². The average Bonchev–Trinajstić information content (AvgIpc) is 2.72. The number of carboxylic acid groups (broad SMARTS) is 1. The van der Waals surface area contributed by atoms with E-state index in [2.05, 4.69) is 15.3 Å². The summed E-state index contributed by atoms with van der Waals surface area (Å²) in [5.41, 5.74) is 5.83. The van der Waals surface area contributed by atoms with Crippen molar-refractivity contribution in [2.45, 2.75) is 6.61 Å². The maximum absolute atomic E-state index is 15.1. The number of halogens is 2. The van der Waals surface area contributed by atoms with Crippen LogP contribution >= 0.6 is 0 Å².